The van der Waals surface area contributed by atoms with Gasteiger partial charge in [0, 0.05) is 6.07 Å². The number of ether oxygens (including phenoxy) is 3. The van der Waals surface area contributed by atoms with Crippen molar-refractivity contribution < 1.29 is 28.2 Å². The summed E-state index contributed by atoms with van der Waals surface area (Å²) in [5.74, 6) is -0.200. The lowest BCUT2D eigenvalue weighted by molar-refractivity contribution is -0.167. The van der Waals surface area contributed by atoms with E-state index in [4.69, 9.17) is 14.2 Å². The Morgan fingerprint density at radius 1 is 1.19 bits per heavy atom. The Labute approximate surface area is 153 Å². The van der Waals surface area contributed by atoms with Gasteiger partial charge in [-0.25, -0.2) is 14.0 Å². The van der Waals surface area contributed by atoms with Crippen LogP contribution < -0.4 is 4.74 Å². The van der Waals surface area contributed by atoms with Crippen molar-refractivity contribution in [3.05, 3.63) is 30.1 Å². The van der Waals surface area contributed by atoms with Crippen molar-refractivity contribution in [1.29, 1.82) is 0 Å². The molecule has 0 aliphatic heterocycles. The Bertz CT molecular complexity index is 616. The number of carbonyl (C=O) groups is 2. The molecule has 0 N–H and O–H groups in total. The van der Waals surface area contributed by atoms with E-state index < -0.39 is 31.0 Å². The molecule has 0 bridgehead atoms. The van der Waals surface area contributed by atoms with E-state index in [-0.39, 0.29) is 11.9 Å². The van der Waals surface area contributed by atoms with Gasteiger partial charge in [-0.15, -0.1) is 0 Å². The summed E-state index contributed by atoms with van der Waals surface area (Å²) in [5.41, 5.74) is 0. The first kappa shape index (κ1) is 20.2. The molecule has 144 valence electrons. The van der Waals surface area contributed by atoms with Crippen molar-refractivity contribution in [2.24, 2.45) is 17.8 Å². The molecule has 0 heterocycles. The molecule has 1 aliphatic carbocycles. The molecule has 1 aromatic rings. The zero-order valence-corrected chi connectivity index (χ0v) is 15.6. The van der Waals surface area contributed by atoms with Gasteiger partial charge in [-0.2, -0.15) is 0 Å². The molecule has 1 saturated carbocycles. The lowest BCUT2D eigenvalue weighted by Crippen LogP contribution is -2.37. The van der Waals surface area contributed by atoms with Gasteiger partial charge in [-0.1, -0.05) is 33.3 Å². The van der Waals surface area contributed by atoms with Gasteiger partial charge in [0.2, 0.25) is 0 Å². The van der Waals surface area contributed by atoms with Gasteiger partial charge in [-0.3, -0.25) is 0 Å². The van der Waals surface area contributed by atoms with Crippen molar-refractivity contribution in [1.82, 2.24) is 0 Å². The fourth-order valence-electron chi connectivity index (χ4n) is 3.33. The SMILES string of the molecule is CC(C)[C@@H]1CC[C@H](C)C[C@H]1OC(=O)COC(=O)COc1cccc(F)c1. The van der Waals surface area contributed by atoms with E-state index in [0.29, 0.717) is 17.8 Å². The zero-order valence-electron chi connectivity index (χ0n) is 15.6. The van der Waals surface area contributed by atoms with Crippen LogP contribution in [0.5, 0.6) is 5.75 Å². The number of halogens is 1. The highest BCUT2D eigenvalue weighted by molar-refractivity contribution is 5.77. The first-order chi connectivity index (χ1) is 12.3. The Balaban J connectivity index is 1.74. The van der Waals surface area contributed by atoms with E-state index in [2.05, 4.69) is 20.8 Å². The minimum atomic E-state index is -0.705. The molecule has 1 fully saturated rings. The summed E-state index contributed by atoms with van der Waals surface area (Å²) in [7, 11) is 0. The second-order valence-electron chi connectivity index (χ2n) is 7.26. The van der Waals surface area contributed by atoms with Crippen LogP contribution >= 0.6 is 0 Å². The zero-order chi connectivity index (χ0) is 19.1. The average Bonchev–Trinajstić information content (AvgIpc) is 2.58. The molecule has 5 nitrogen and oxygen atoms in total. The quantitative estimate of drug-likeness (QED) is 0.688. The third kappa shape index (κ3) is 6.32. The van der Waals surface area contributed by atoms with Crippen LogP contribution in [0.15, 0.2) is 24.3 Å². The highest BCUT2D eigenvalue weighted by atomic mass is 19.1. The van der Waals surface area contributed by atoms with Crippen molar-refractivity contribution in [3.8, 4) is 5.75 Å². The lowest BCUT2D eigenvalue weighted by atomic mass is 9.75. The van der Waals surface area contributed by atoms with Crippen LogP contribution in [0.2, 0.25) is 0 Å². The Morgan fingerprint density at radius 3 is 2.65 bits per heavy atom. The Hall–Kier alpha value is -2.11. The molecular weight excluding hydrogens is 339 g/mol. The minimum Gasteiger partial charge on any atom is -0.482 e. The second-order valence-corrected chi connectivity index (χ2v) is 7.26. The molecule has 3 atom stereocenters. The van der Waals surface area contributed by atoms with Gasteiger partial charge in [0.25, 0.3) is 0 Å². The van der Waals surface area contributed by atoms with Gasteiger partial charge in [0.1, 0.15) is 17.7 Å². The summed E-state index contributed by atoms with van der Waals surface area (Å²) in [4.78, 5) is 23.7. The molecule has 0 unspecified atom stereocenters. The summed E-state index contributed by atoms with van der Waals surface area (Å²) in [5, 5.41) is 0. The number of hydrogen-bond donors (Lipinski definition) is 0. The summed E-state index contributed by atoms with van der Waals surface area (Å²) in [6.45, 7) is 5.57. The van der Waals surface area contributed by atoms with Crippen molar-refractivity contribution in [2.75, 3.05) is 13.2 Å². The van der Waals surface area contributed by atoms with Crippen LogP contribution in [0.1, 0.15) is 40.0 Å². The minimum absolute atomic E-state index is 0.131. The molecule has 0 radical (unpaired) electrons. The molecule has 26 heavy (non-hydrogen) atoms. The molecule has 0 saturated heterocycles. The molecule has 0 amide bonds. The third-order valence-electron chi connectivity index (χ3n) is 4.75. The van der Waals surface area contributed by atoms with Gasteiger partial charge in [0.05, 0.1) is 0 Å². The fraction of sp³-hybridized carbons (Fsp3) is 0.600. The number of benzene rings is 1. The molecule has 0 aromatic heterocycles. The average molecular weight is 366 g/mol. The topological polar surface area (TPSA) is 61.8 Å². The van der Waals surface area contributed by atoms with E-state index in [0.717, 1.165) is 25.3 Å². The highest BCUT2D eigenvalue weighted by Gasteiger charge is 2.33. The largest absolute Gasteiger partial charge is 0.482 e. The van der Waals surface area contributed by atoms with Gasteiger partial charge in [-0.05, 0) is 42.7 Å². The van der Waals surface area contributed by atoms with Crippen LogP contribution in [-0.2, 0) is 19.1 Å². The number of rotatable bonds is 7. The molecule has 0 spiro atoms. The van der Waals surface area contributed by atoms with E-state index in [1.807, 2.05) is 0 Å². The summed E-state index contributed by atoms with van der Waals surface area (Å²) in [6, 6.07) is 5.44. The molecular formula is C20H27FO5. The standard InChI is InChI=1S/C20H27FO5/c1-13(2)17-8-7-14(3)9-18(17)26-20(23)12-25-19(22)11-24-16-6-4-5-15(21)10-16/h4-6,10,13-14,17-18H,7-9,11-12H2,1-3H3/t14-,17-,18+/m0/s1. The predicted octanol–water partition coefficient (Wildman–Crippen LogP) is 3.75. The maximum Gasteiger partial charge on any atom is 0.344 e. The Morgan fingerprint density at radius 2 is 1.96 bits per heavy atom. The number of carbonyl (C=O) groups excluding carboxylic acids is 2. The van der Waals surface area contributed by atoms with Crippen molar-refractivity contribution >= 4 is 11.9 Å². The van der Waals surface area contributed by atoms with Crippen molar-refractivity contribution in [2.45, 2.75) is 46.1 Å². The van der Waals surface area contributed by atoms with Crippen LogP contribution in [-0.4, -0.2) is 31.3 Å². The Kier molecular flexibility index (Phi) is 7.42. The third-order valence-corrected chi connectivity index (χ3v) is 4.75. The first-order valence-corrected chi connectivity index (χ1v) is 9.08. The van der Waals surface area contributed by atoms with E-state index >= 15 is 0 Å². The number of hydrogen-bond acceptors (Lipinski definition) is 5. The first-order valence-electron chi connectivity index (χ1n) is 9.08. The van der Waals surface area contributed by atoms with Crippen LogP contribution in [0.3, 0.4) is 0 Å². The van der Waals surface area contributed by atoms with E-state index in [9.17, 15) is 14.0 Å². The van der Waals surface area contributed by atoms with Crippen LogP contribution in [0.4, 0.5) is 4.39 Å². The normalized spacial score (nSPS) is 22.7. The van der Waals surface area contributed by atoms with Crippen LogP contribution in [0.25, 0.3) is 0 Å². The maximum atomic E-state index is 13.0. The lowest BCUT2D eigenvalue weighted by Gasteiger charge is -2.36. The molecule has 1 aromatic carbocycles. The molecule has 1 aliphatic rings. The van der Waals surface area contributed by atoms with Gasteiger partial charge in [0.15, 0.2) is 13.2 Å². The van der Waals surface area contributed by atoms with E-state index in [1.165, 1.54) is 18.2 Å². The fourth-order valence-corrected chi connectivity index (χ4v) is 3.33. The van der Waals surface area contributed by atoms with Crippen molar-refractivity contribution in [3.63, 3.8) is 0 Å². The predicted molar refractivity (Wildman–Crippen MR) is 94.1 cm³/mol. The highest BCUT2D eigenvalue weighted by Crippen LogP contribution is 2.35. The smallest absolute Gasteiger partial charge is 0.344 e. The number of esters is 2. The maximum absolute atomic E-state index is 13.0. The monoisotopic (exact) mass is 366 g/mol. The molecule has 6 heteroatoms. The summed E-state index contributed by atoms with van der Waals surface area (Å²) >= 11 is 0. The summed E-state index contributed by atoms with van der Waals surface area (Å²) < 4.78 is 28.6. The molecule has 2 rings (SSSR count). The summed E-state index contributed by atoms with van der Waals surface area (Å²) in [6.07, 6.45) is 2.89. The van der Waals surface area contributed by atoms with Gasteiger partial charge >= 0.3 is 11.9 Å². The second kappa shape index (κ2) is 9.55. The van der Waals surface area contributed by atoms with Gasteiger partial charge < -0.3 is 14.2 Å². The van der Waals surface area contributed by atoms with E-state index in [1.54, 1.807) is 0 Å². The van der Waals surface area contributed by atoms with Crippen LogP contribution in [0, 0.1) is 23.6 Å².